The van der Waals surface area contributed by atoms with E-state index in [1.165, 1.54) is 7.05 Å². The first-order valence-corrected chi connectivity index (χ1v) is 8.27. The van der Waals surface area contributed by atoms with Crippen LogP contribution < -0.4 is 21.1 Å². The number of pyridine rings is 1. The van der Waals surface area contributed by atoms with E-state index in [2.05, 4.69) is 10.7 Å². The predicted octanol–water partition coefficient (Wildman–Crippen LogP) is 1.20. The van der Waals surface area contributed by atoms with Gasteiger partial charge in [-0.1, -0.05) is 0 Å². The van der Waals surface area contributed by atoms with Crippen molar-refractivity contribution >= 4 is 22.6 Å². The van der Waals surface area contributed by atoms with Gasteiger partial charge in [-0.2, -0.15) is 0 Å². The first-order valence-electron chi connectivity index (χ1n) is 8.27. The van der Waals surface area contributed by atoms with Crippen molar-refractivity contribution in [3.63, 3.8) is 0 Å². The van der Waals surface area contributed by atoms with Gasteiger partial charge in [-0.25, -0.2) is 13.6 Å². The van der Waals surface area contributed by atoms with Gasteiger partial charge in [0.15, 0.2) is 5.82 Å². The zero-order valence-electron chi connectivity index (χ0n) is 14.5. The van der Waals surface area contributed by atoms with Crippen molar-refractivity contribution in [2.75, 3.05) is 44.1 Å². The molecule has 0 saturated carbocycles. The van der Waals surface area contributed by atoms with Gasteiger partial charge in [-0.3, -0.25) is 9.47 Å². The van der Waals surface area contributed by atoms with Crippen LogP contribution >= 0.6 is 0 Å². The molecule has 1 saturated heterocycles. The van der Waals surface area contributed by atoms with Crippen LogP contribution in [0.15, 0.2) is 17.1 Å². The number of nitrogens with zero attached hydrogens (tertiary/aromatic N) is 2. The molecule has 1 aliphatic rings. The number of hydrogen-bond acceptors (Lipinski definition) is 5. The molecule has 1 unspecified atom stereocenters. The van der Waals surface area contributed by atoms with Crippen molar-refractivity contribution in [3.8, 4) is 0 Å². The molecule has 3 rings (SSSR count). The standard InChI is InChI=1S/C17H20F2N4O3/c1-20-6-9-3-4-22(7-9)15-12(18)5-10-14(13(15)19)23(21-2)8-11(16(10)24)17(25)26/h5,8-9,20-21H,3-4,6-7H2,1-2H3,(H,25,26). The number of benzene rings is 1. The third kappa shape index (κ3) is 2.88. The van der Waals surface area contributed by atoms with Crippen molar-refractivity contribution in [1.82, 2.24) is 9.99 Å². The molecule has 2 heterocycles. The summed E-state index contributed by atoms with van der Waals surface area (Å²) in [7, 11) is 3.28. The van der Waals surface area contributed by atoms with E-state index < -0.39 is 28.6 Å². The molecule has 1 fully saturated rings. The van der Waals surface area contributed by atoms with Gasteiger partial charge in [0.2, 0.25) is 5.43 Å². The molecule has 2 aromatic rings. The fourth-order valence-corrected chi connectivity index (χ4v) is 3.51. The number of anilines is 1. The second kappa shape index (κ2) is 6.91. The van der Waals surface area contributed by atoms with Gasteiger partial charge in [0, 0.05) is 26.3 Å². The highest BCUT2D eigenvalue weighted by atomic mass is 19.1. The normalized spacial score (nSPS) is 17.1. The van der Waals surface area contributed by atoms with Gasteiger partial charge in [0.05, 0.1) is 5.39 Å². The summed E-state index contributed by atoms with van der Waals surface area (Å²) in [6.45, 7) is 1.75. The molecule has 0 spiro atoms. The molecular formula is C17H20F2N4O3. The van der Waals surface area contributed by atoms with Crippen LogP contribution in [0.5, 0.6) is 0 Å². The number of nitrogens with one attached hydrogen (secondary N) is 2. The second-order valence-electron chi connectivity index (χ2n) is 6.35. The van der Waals surface area contributed by atoms with Gasteiger partial charge in [0.1, 0.15) is 22.6 Å². The Hall–Kier alpha value is -2.68. The van der Waals surface area contributed by atoms with Crippen molar-refractivity contribution in [3.05, 3.63) is 39.7 Å². The minimum absolute atomic E-state index is 0.170. The van der Waals surface area contributed by atoms with E-state index >= 15 is 4.39 Å². The Bertz CT molecular complexity index is 929. The lowest BCUT2D eigenvalue weighted by atomic mass is 10.1. The Morgan fingerprint density at radius 1 is 1.38 bits per heavy atom. The summed E-state index contributed by atoms with van der Waals surface area (Å²) in [5.41, 5.74) is 0.781. The molecule has 7 nitrogen and oxygen atoms in total. The maximum Gasteiger partial charge on any atom is 0.341 e. The van der Waals surface area contributed by atoms with Gasteiger partial charge < -0.3 is 20.7 Å². The summed E-state index contributed by atoms with van der Waals surface area (Å²) < 4.78 is 31.0. The first-order chi connectivity index (χ1) is 12.4. The van der Waals surface area contributed by atoms with Crippen molar-refractivity contribution in [2.45, 2.75) is 6.42 Å². The minimum Gasteiger partial charge on any atom is -0.477 e. The molecule has 1 aliphatic heterocycles. The molecule has 9 heteroatoms. The van der Waals surface area contributed by atoms with Crippen LogP contribution in [0, 0.1) is 17.6 Å². The number of rotatable bonds is 5. The minimum atomic E-state index is -1.46. The third-order valence-corrected chi connectivity index (χ3v) is 4.72. The summed E-state index contributed by atoms with van der Waals surface area (Å²) in [5.74, 6) is -2.94. The topological polar surface area (TPSA) is 86.6 Å². The fraction of sp³-hybridized carbons (Fsp3) is 0.412. The predicted molar refractivity (Wildman–Crippen MR) is 94.6 cm³/mol. The van der Waals surface area contributed by atoms with Gasteiger partial charge in [-0.05, 0) is 32.0 Å². The van der Waals surface area contributed by atoms with Crippen LogP contribution in [0.3, 0.4) is 0 Å². The van der Waals surface area contributed by atoms with Crippen molar-refractivity contribution in [2.24, 2.45) is 5.92 Å². The number of aromatic carboxylic acids is 1. The van der Waals surface area contributed by atoms with Gasteiger partial charge in [-0.15, -0.1) is 0 Å². The Labute approximate surface area is 148 Å². The molecule has 0 aliphatic carbocycles. The summed E-state index contributed by atoms with van der Waals surface area (Å²) in [5, 5.41) is 11.9. The lowest BCUT2D eigenvalue weighted by molar-refractivity contribution is 0.0695. The SMILES string of the molecule is CNCC1CCN(c2c(F)cc3c(=O)c(C(=O)O)cn(NC)c3c2F)C1. The highest BCUT2D eigenvalue weighted by Gasteiger charge is 2.29. The van der Waals surface area contributed by atoms with E-state index in [0.717, 1.165) is 29.9 Å². The Balaban J connectivity index is 2.21. The quantitative estimate of drug-likeness (QED) is 0.737. The van der Waals surface area contributed by atoms with Crippen molar-refractivity contribution in [1.29, 1.82) is 0 Å². The average Bonchev–Trinajstić information content (AvgIpc) is 3.04. The molecule has 1 aromatic carbocycles. The lowest BCUT2D eigenvalue weighted by Crippen LogP contribution is -2.27. The van der Waals surface area contributed by atoms with Crippen LogP contribution in [0.2, 0.25) is 0 Å². The second-order valence-corrected chi connectivity index (χ2v) is 6.35. The molecular weight excluding hydrogens is 346 g/mol. The van der Waals surface area contributed by atoms with Crippen LogP contribution in [0.4, 0.5) is 14.5 Å². The third-order valence-electron chi connectivity index (χ3n) is 4.72. The van der Waals surface area contributed by atoms with Gasteiger partial charge >= 0.3 is 5.97 Å². The molecule has 140 valence electrons. The molecule has 1 aromatic heterocycles. The summed E-state index contributed by atoms with van der Waals surface area (Å²) in [6, 6.07) is 0.918. The number of fused-ring (bicyclic) bond motifs is 1. The van der Waals surface area contributed by atoms with Crippen molar-refractivity contribution < 1.29 is 18.7 Å². The average molecular weight is 366 g/mol. The first kappa shape index (κ1) is 18.1. The van der Waals surface area contributed by atoms with Gasteiger partial charge in [0.25, 0.3) is 0 Å². The zero-order valence-corrected chi connectivity index (χ0v) is 14.5. The summed E-state index contributed by atoms with van der Waals surface area (Å²) in [4.78, 5) is 25.2. The highest BCUT2D eigenvalue weighted by Crippen LogP contribution is 2.33. The largest absolute Gasteiger partial charge is 0.477 e. The van der Waals surface area contributed by atoms with E-state index in [0.29, 0.717) is 13.1 Å². The molecule has 0 bridgehead atoms. The van der Waals surface area contributed by atoms with E-state index in [1.54, 1.807) is 4.90 Å². The van der Waals surface area contributed by atoms with Crippen LogP contribution in [0.1, 0.15) is 16.8 Å². The number of carbonyl (C=O) groups is 1. The monoisotopic (exact) mass is 366 g/mol. The maximum absolute atomic E-state index is 15.2. The summed E-state index contributed by atoms with van der Waals surface area (Å²) in [6.07, 6.45) is 1.81. The summed E-state index contributed by atoms with van der Waals surface area (Å²) >= 11 is 0. The number of aromatic nitrogens is 1. The number of halogens is 2. The molecule has 0 radical (unpaired) electrons. The van der Waals surface area contributed by atoms with Crippen LogP contribution in [-0.2, 0) is 0 Å². The molecule has 26 heavy (non-hydrogen) atoms. The Morgan fingerprint density at radius 3 is 2.73 bits per heavy atom. The number of carboxylic acids is 1. The molecule has 3 N–H and O–H groups in total. The molecule has 1 atom stereocenters. The number of carboxylic acid groups (broad SMARTS) is 1. The Kier molecular flexibility index (Phi) is 4.82. The smallest absolute Gasteiger partial charge is 0.341 e. The maximum atomic E-state index is 15.2. The zero-order chi connectivity index (χ0) is 19.0. The van der Waals surface area contributed by atoms with Crippen LogP contribution in [-0.4, -0.2) is 49.5 Å². The van der Waals surface area contributed by atoms with E-state index in [4.69, 9.17) is 5.11 Å². The molecule has 0 amide bonds. The number of hydrogen-bond donors (Lipinski definition) is 3. The lowest BCUT2D eigenvalue weighted by Gasteiger charge is -2.22. The van der Waals surface area contributed by atoms with E-state index in [-0.39, 0.29) is 22.5 Å². The van der Waals surface area contributed by atoms with Crippen LogP contribution in [0.25, 0.3) is 10.9 Å². The van der Waals surface area contributed by atoms with E-state index in [1.807, 2.05) is 7.05 Å². The van der Waals surface area contributed by atoms with E-state index in [9.17, 15) is 14.0 Å². The highest BCUT2D eigenvalue weighted by molar-refractivity contribution is 5.94. The Morgan fingerprint density at radius 2 is 2.12 bits per heavy atom. The fourth-order valence-electron chi connectivity index (χ4n) is 3.51.